The molecule has 0 atom stereocenters. The van der Waals surface area contributed by atoms with Gasteiger partial charge >= 0.3 is 0 Å². The molecule has 0 aliphatic carbocycles. The van der Waals surface area contributed by atoms with Crippen LogP contribution < -0.4 is 18.9 Å². The van der Waals surface area contributed by atoms with Crippen molar-refractivity contribution < 1.29 is 23.7 Å². The lowest BCUT2D eigenvalue weighted by Crippen LogP contribution is -1.98. The first kappa shape index (κ1) is 22.1. The van der Waals surface area contributed by atoms with E-state index in [1.54, 1.807) is 35.5 Å². The number of hydrogen-bond acceptors (Lipinski definition) is 5. The molecule has 0 spiro atoms. The molecule has 3 aromatic carbocycles. The second-order valence-electron chi connectivity index (χ2n) is 6.86. The van der Waals surface area contributed by atoms with E-state index in [0.29, 0.717) is 23.0 Å². The van der Waals surface area contributed by atoms with Gasteiger partial charge in [-0.15, -0.1) is 0 Å². The minimum atomic E-state index is 0.538. The van der Waals surface area contributed by atoms with E-state index in [1.165, 1.54) is 5.56 Å². The number of ether oxygens (including phenoxy) is 5. The van der Waals surface area contributed by atoms with E-state index in [9.17, 15) is 0 Å². The highest BCUT2D eigenvalue weighted by molar-refractivity contribution is 5.80. The summed E-state index contributed by atoms with van der Waals surface area (Å²) in [5, 5.41) is 0. The summed E-state index contributed by atoms with van der Waals surface area (Å²) in [7, 11) is 8.08. The Kier molecular flexibility index (Phi) is 7.44. The Morgan fingerprint density at radius 1 is 0.710 bits per heavy atom. The molecule has 0 aliphatic rings. The Morgan fingerprint density at radius 2 is 1.35 bits per heavy atom. The predicted octanol–water partition coefficient (Wildman–Crippen LogP) is 5.46. The molecule has 0 saturated carbocycles. The SMILES string of the molecule is COC(=Cc1ccc(Cc2ccccc2)c(OC)c1)c1cc(OC)c(OC)c(OC)c1. The van der Waals surface area contributed by atoms with Crippen molar-refractivity contribution in [3.63, 3.8) is 0 Å². The third-order valence-electron chi connectivity index (χ3n) is 5.02. The van der Waals surface area contributed by atoms with Gasteiger partial charge in [0.05, 0.1) is 35.5 Å². The molecule has 0 N–H and O–H groups in total. The van der Waals surface area contributed by atoms with E-state index in [2.05, 4.69) is 24.3 Å². The molecular formula is C26H28O5. The van der Waals surface area contributed by atoms with Gasteiger partial charge in [-0.05, 0) is 41.0 Å². The molecule has 0 saturated heterocycles. The first-order chi connectivity index (χ1) is 15.1. The molecule has 0 fully saturated rings. The lowest BCUT2D eigenvalue weighted by Gasteiger charge is -2.15. The van der Waals surface area contributed by atoms with Crippen LogP contribution in [0.3, 0.4) is 0 Å². The van der Waals surface area contributed by atoms with E-state index >= 15 is 0 Å². The molecule has 3 rings (SSSR count). The fourth-order valence-corrected chi connectivity index (χ4v) is 3.45. The molecule has 0 aromatic heterocycles. The van der Waals surface area contributed by atoms with Crippen LogP contribution in [-0.4, -0.2) is 35.5 Å². The average Bonchev–Trinajstić information content (AvgIpc) is 2.82. The number of rotatable bonds is 9. The van der Waals surface area contributed by atoms with Gasteiger partial charge in [-0.2, -0.15) is 0 Å². The highest BCUT2D eigenvalue weighted by Crippen LogP contribution is 2.40. The molecule has 162 valence electrons. The molecule has 0 bridgehead atoms. The fourth-order valence-electron chi connectivity index (χ4n) is 3.45. The first-order valence-corrected chi connectivity index (χ1v) is 9.90. The van der Waals surface area contributed by atoms with E-state index in [4.69, 9.17) is 23.7 Å². The highest BCUT2D eigenvalue weighted by atomic mass is 16.5. The first-order valence-electron chi connectivity index (χ1n) is 9.90. The molecule has 5 heteroatoms. The van der Waals surface area contributed by atoms with Crippen molar-refractivity contribution >= 4 is 11.8 Å². The Balaban J connectivity index is 1.97. The van der Waals surface area contributed by atoms with Gasteiger partial charge in [-0.3, -0.25) is 0 Å². The molecule has 0 radical (unpaired) electrons. The van der Waals surface area contributed by atoms with Crippen molar-refractivity contribution in [3.05, 3.63) is 82.9 Å². The van der Waals surface area contributed by atoms with E-state index < -0.39 is 0 Å². The summed E-state index contributed by atoms with van der Waals surface area (Å²) in [5.74, 6) is 3.16. The Morgan fingerprint density at radius 3 is 1.90 bits per heavy atom. The van der Waals surface area contributed by atoms with Crippen molar-refractivity contribution in [2.75, 3.05) is 35.5 Å². The van der Waals surface area contributed by atoms with Crippen LogP contribution in [0.25, 0.3) is 11.8 Å². The Bertz CT molecular complexity index is 1020. The lowest BCUT2D eigenvalue weighted by molar-refractivity contribution is 0.323. The quantitative estimate of drug-likeness (QED) is 0.340. The van der Waals surface area contributed by atoms with Crippen LogP contribution in [0.5, 0.6) is 23.0 Å². The molecule has 5 nitrogen and oxygen atoms in total. The van der Waals surface area contributed by atoms with Gasteiger partial charge in [0.25, 0.3) is 0 Å². The second-order valence-corrected chi connectivity index (χ2v) is 6.86. The maximum atomic E-state index is 5.68. The number of hydrogen-bond donors (Lipinski definition) is 0. The van der Waals surface area contributed by atoms with Crippen molar-refractivity contribution in [1.29, 1.82) is 0 Å². The molecular weight excluding hydrogens is 392 g/mol. The third-order valence-corrected chi connectivity index (χ3v) is 5.02. The van der Waals surface area contributed by atoms with Gasteiger partial charge in [0.15, 0.2) is 11.5 Å². The largest absolute Gasteiger partial charge is 0.496 e. The Labute approximate surface area is 183 Å². The highest BCUT2D eigenvalue weighted by Gasteiger charge is 2.16. The van der Waals surface area contributed by atoms with Gasteiger partial charge in [-0.1, -0.05) is 42.5 Å². The average molecular weight is 421 g/mol. The zero-order valence-corrected chi connectivity index (χ0v) is 18.6. The summed E-state index contributed by atoms with van der Waals surface area (Å²) in [5.41, 5.74) is 4.13. The molecule has 0 unspecified atom stereocenters. The summed E-state index contributed by atoms with van der Waals surface area (Å²) >= 11 is 0. The van der Waals surface area contributed by atoms with Crippen LogP contribution in [-0.2, 0) is 11.2 Å². The summed E-state index contributed by atoms with van der Waals surface area (Å²) in [6.07, 6.45) is 2.76. The smallest absolute Gasteiger partial charge is 0.203 e. The fraction of sp³-hybridized carbons (Fsp3) is 0.231. The van der Waals surface area contributed by atoms with E-state index in [-0.39, 0.29) is 0 Å². The van der Waals surface area contributed by atoms with E-state index in [1.807, 2.05) is 42.5 Å². The molecule has 0 amide bonds. The Hall–Kier alpha value is -3.60. The van der Waals surface area contributed by atoms with Gasteiger partial charge in [0.2, 0.25) is 5.75 Å². The molecule has 3 aromatic rings. The molecule has 31 heavy (non-hydrogen) atoms. The van der Waals surface area contributed by atoms with Gasteiger partial charge in [0.1, 0.15) is 11.5 Å². The summed E-state index contributed by atoms with van der Waals surface area (Å²) < 4.78 is 27.7. The topological polar surface area (TPSA) is 46.2 Å². The normalized spacial score (nSPS) is 11.1. The van der Waals surface area contributed by atoms with Gasteiger partial charge in [0, 0.05) is 12.0 Å². The molecule has 0 heterocycles. The molecule has 0 aliphatic heterocycles. The zero-order valence-electron chi connectivity index (χ0n) is 18.6. The monoisotopic (exact) mass is 420 g/mol. The minimum Gasteiger partial charge on any atom is -0.496 e. The van der Waals surface area contributed by atoms with Crippen LogP contribution in [0.2, 0.25) is 0 Å². The zero-order chi connectivity index (χ0) is 22.2. The lowest BCUT2D eigenvalue weighted by atomic mass is 10.0. The van der Waals surface area contributed by atoms with Crippen LogP contribution in [0.4, 0.5) is 0 Å². The van der Waals surface area contributed by atoms with Crippen LogP contribution in [0.1, 0.15) is 22.3 Å². The summed E-state index contributed by atoms with van der Waals surface area (Å²) in [6, 6.07) is 20.2. The van der Waals surface area contributed by atoms with Crippen molar-refractivity contribution in [2.24, 2.45) is 0 Å². The minimum absolute atomic E-state index is 0.538. The van der Waals surface area contributed by atoms with Crippen molar-refractivity contribution in [2.45, 2.75) is 6.42 Å². The standard InChI is InChI=1S/C26H28O5/c1-27-22-14-19(11-12-20(22)13-18-9-7-6-8-10-18)15-23(28-2)21-16-24(29-3)26(31-5)25(17-21)30-4/h6-12,14-17H,13H2,1-5H3. The number of methoxy groups -OCH3 is 5. The maximum Gasteiger partial charge on any atom is 0.203 e. The summed E-state index contributed by atoms with van der Waals surface area (Å²) in [6.45, 7) is 0. The van der Waals surface area contributed by atoms with Gasteiger partial charge < -0.3 is 23.7 Å². The van der Waals surface area contributed by atoms with Crippen molar-refractivity contribution in [1.82, 2.24) is 0 Å². The van der Waals surface area contributed by atoms with Crippen molar-refractivity contribution in [3.8, 4) is 23.0 Å². The predicted molar refractivity (Wildman–Crippen MR) is 123 cm³/mol. The summed E-state index contributed by atoms with van der Waals surface area (Å²) in [4.78, 5) is 0. The van der Waals surface area contributed by atoms with Crippen LogP contribution in [0.15, 0.2) is 60.7 Å². The van der Waals surface area contributed by atoms with E-state index in [0.717, 1.165) is 28.9 Å². The number of benzene rings is 3. The van der Waals surface area contributed by atoms with Crippen LogP contribution in [0, 0.1) is 0 Å². The van der Waals surface area contributed by atoms with Crippen LogP contribution >= 0.6 is 0 Å². The third kappa shape index (κ3) is 5.12. The maximum absolute atomic E-state index is 5.68. The van der Waals surface area contributed by atoms with Gasteiger partial charge in [-0.25, -0.2) is 0 Å². The second kappa shape index (κ2) is 10.4.